The minimum absolute atomic E-state index is 0.0292. The number of imidazole rings is 1. The molecular formula is C20H29F2N3O. The summed E-state index contributed by atoms with van der Waals surface area (Å²) in [6.45, 7) is 12.4. The molecule has 1 fully saturated rings. The molecule has 0 aliphatic carbocycles. The molecule has 4 nitrogen and oxygen atoms in total. The standard InChI is InChI=1S/C16H17F2N3O.2C2H6/c1-9-10(2)20-16(19-9)21-6-5-12(15(21)22)7-11-3-4-13(17)14(18)8-11;2*1-2/h3-4,8,12H,5-7H2,1-2H3,(H,19,20);2*1-2H3. The Hall–Kier alpha value is -2.24. The first-order chi connectivity index (χ1) is 12.5. The van der Waals surface area contributed by atoms with E-state index >= 15 is 0 Å². The van der Waals surface area contributed by atoms with Gasteiger partial charge in [-0.15, -0.1) is 0 Å². The normalized spacial score (nSPS) is 15.9. The molecule has 3 rings (SSSR count). The highest BCUT2D eigenvalue weighted by Crippen LogP contribution is 2.27. The van der Waals surface area contributed by atoms with E-state index in [-0.39, 0.29) is 11.8 Å². The number of nitrogens with one attached hydrogen (secondary N) is 1. The van der Waals surface area contributed by atoms with Gasteiger partial charge < -0.3 is 4.98 Å². The molecule has 26 heavy (non-hydrogen) atoms. The van der Waals surface area contributed by atoms with Gasteiger partial charge in [0.25, 0.3) is 0 Å². The summed E-state index contributed by atoms with van der Waals surface area (Å²) in [7, 11) is 0. The monoisotopic (exact) mass is 365 g/mol. The summed E-state index contributed by atoms with van der Waals surface area (Å²) in [4.78, 5) is 21.6. The van der Waals surface area contributed by atoms with Crippen molar-refractivity contribution >= 4 is 11.9 Å². The topological polar surface area (TPSA) is 49.0 Å². The molecule has 0 saturated carbocycles. The minimum atomic E-state index is -0.878. The number of halogens is 2. The van der Waals surface area contributed by atoms with Crippen LogP contribution in [0, 0.1) is 31.4 Å². The number of rotatable bonds is 3. The lowest BCUT2D eigenvalue weighted by Gasteiger charge is -2.13. The predicted octanol–water partition coefficient (Wildman–Crippen LogP) is 4.95. The van der Waals surface area contributed by atoms with E-state index in [0.29, 0.717) is 30.9 Å². The van der Waals surface area contributed by atoms with Crippen molar-refractivity contribution in [2.24, 2.45) is 5.92 Å². The van der Waals surface area contributed by atoms with E-state index in [1.165, 1.54) is 6.07 Å². The fraction of sp³-hybridized carbons (Fsp3) is 0.500. The van der Waals surface area contributed by atoms with Gasteiger partial charge in [-0.2, -0.15) is 0 Å². The molecule has 6 heteroatoms. The van der Waals surface area contributed by atoms with Crippen LogP contribution in [0.3, 0.4) is 0 Å². The van der Waals surface area contributed by atoms with E-state index < -0.39 is 11.6 Å². The number of hydrogen-bond acceptors (Lipinski definition) is 2. The zero-order valence-corrected chi connectivity index (χ0v) is 16.5. The molecular weight excluding hydrogens is 336 g/mol. The van der Waals surface area contributed by atoms with Crippen molar-refractivity contribution in [3.8, 4) is 0 Å². The van der Waals surface area contributed by atoms with E-state index in [9.17, 15) is 13.6 Å². The minimum Gasteiger partial charge on any atom is -0.328 e. The lowest BCUT2D eigenvalue weighted by Crippen LogP contribution is -2.28. The number of benzene rings is 1. The maximum Gasteiger partial charge on any atom is 0.232 e. The van der Waals surface area contributed by atoms with Crippen LogP contribution in [0.4, 0.5) is 14.7 Å². The molecule has 144 valence electrons. The number of hydrogen-bond donors (Lipinski definition) is 1. The molecule has 1 saturated heterocycles. The Morgan fingerprint density at radius 2 is 1.81 bits per heavy atom. The van der Waals surface area contributed by atoms with Gasteiger partial charge >= 0.3 is 0 Å². The molecule has 0 radical (unpaired) electrons. The Morgan fingerprint density at radius 1 is 1.15 bits per heavy atom. The smallest absolute Gasteiger partial charge is 0.232 e. The van der Waals surface area contributed by atoms with Crippen molar-refractivity contribution in [1.82, 2.24) is 9.97 Å². The number of nitrogens with zero attached hydrogens (tertiary/aromatic N) is 2. The zero-order chi connectivity index (χ0) is 19.9. The van der Waals surface area contributed by atoms with Crippen molar-refractivity contribution in [2.75, 3.05) is 11.4 Å². The number of carbonyl (C=O) groups excluding carboxylic acids is 1. The number of aromatic amines is 1. The highest BCUT2D eigenvalue weighted by molar-refractivity contribution is 5.95. The molecule has 1 aromatic heterocycles. The zero-order valence-electron chi connectivity index (χ0n) is 16.5. The van der Waals surface area contributed by atoms with E-state index in [4.69, 9.17) is 0 Å². The van der Waals surface area contributed by atoms with Crippen LogP contribution in [-0.2, 0) is 11.2 Å². The van der Waals surface area contributed by atoms with Crippen molar-refractivity contribution in [3.63, 3.8) is 0 Å². The van der Waals surface area contributed by atoms with Crippen LogP contribution in [0.25, 0.3) is 0 Å². The summed E-state index contributed by atoms with van der Waals surface area (Å²) in [5, 5.41) is 0. The van der Waals surface area contributed by atoms with Crippen LogP contribution < -0.4 is 4.90 Å². The third kappa shape index (κ3) is 4.90. The third-order valence-corrected chi connectivity index (χ3v) is 4.15. The molecule has 2 aromatic rings. The van der Waals surface area contributed by atoms with Crippen LogP contribution in [0.2, 0.25) is 0 Å². The average molecular weight is 365 g/mol. The summed E-state index contributed by atoms with van der Waals surface area (Å²) in [5.41, 5.74) is 2.43. The van der Waals surface area contributed by atoms with Crippen LogP contribution in [0.15, 0.2) is 18.2 Å². The van der Waals surface area contributed by atoms with Gasteiger partial charge in [0.2, 0.25) is 11.9 Å². The fourth-order valence-electron chi connectivity index (χ4n) is 2.75. The van der Waals surface area contributed by atoms with Crippen molar-refractivity contribution < 1.29 is 13.6 Å². The lowest BCUT2D eigenvalue weighted by atomic mass is 9.98. The fourth-order valence-corrected chi connectivity index (χ4v) is 2.75. The summed E-state index contributed by atoms with van der Waals surface area (Å²) >= 11 is 0. The van der Waals surface area contributed by atoms with Crippen molar-refractivity contribution in [1.29, 1.82) is 0 Å². The quantitative estimate of drug-likeness (QED) is 0.836. The molecule has 0 spiro atoms. The van der Waals surface area contributed by atoms with Crippen LogP contribution in [0.5, 0.6) is 0 Å². The number of aryl methyl sites for hydroxylation is 2. The Bertz CT molecular complexity index is 708. The molecule has 1 aliphatic heterocycles. The first-order valence-corrected chi connectivity index (χ1v) is 9.24. The van der Waals surface area contributed by atoms with E-state index in [2.05, 4.69) is 9.97 Å². The Morgan fingerprint density at radius 3 is 2.35 bits per heavy atom. The van der Waals surface area contributed by atoms with Gasteiger partial charge in [0.05, 0.1) is 5.69 Å². The summed E-state index contributed by atoms with van der Waals surface area (Å²) in [6, 6.07) is 3.78. The number of aromatic nitrogens is 2. The van der Waals surface area contributed by atoms with Crippen LogP contribution >= 0.6 is 0 Å². The van der Waals surface area contributed by atoms with Crippen LogP contribution in [-0.4, -0.2) is 22.4 Å². The van der Waals surface area contributed by atoms with Gasteiger partial charge in [0, 0.05) is 18.2 Å². The second-order valence-corrected chi connectivity index (χ2v) is 5.70. The largest absolute Gasteiger partial charge is 0.328 e. The van der Waals surface area contributed by atoms with Crippen LogP contribution in [0.1, 0.15) is 51.1 Å². The Kier molecular flexibility index (Phi) is 8.42. The molecule has 1 aromatic carbocycles. The van der Waals surface area contributed by atoms with Gasteiger partial charge in [-0.25, -0.2) is 13.8 Å². The summed E-state index contributed by atoms with van der Waals surface area (Å²) in [5.74, 6) is -1.44. The molecule has 1 aliphatic rings. The SMILES string of the molecule is CC.CC.Cc1nc(N2CCC(Cc3ccc(F)c(F)c3)C2=O)[nH]c1C. The molecule has 1 N–H and O–H groups in total. The third-order valence-electron chi connectivity index (χ3n) is 4.15. The van der Waals surface area contributed by atoms with Gasteiger partial charge in [0.15, 0.2) is 11.6 Å². The van der Waals surface area contributed by atoms with Crippen molar-refractivity contribution in [2.45, 2.75) is 54.4 Å². The first-order valence-electron chi connectivity index (χ1n) is 9.24. The number of amides is 1. The van der Waals surface area contributed by atoms with E-state index in [0.717, 1.165) is 23.5 Å². The summed E-state index contributed by atoms with van der Waals surface area (Å²) < 4.78 is 26.2. The molecule has 0 bridgehead atoms. The van der Waals surface area contributed by atoms with E-state index in [1.54, 1.807) is 4.90 Å². The second kappa shape index (κ2) is 10.0. The number of H-pyrrole nitrogens is 1. The summed E-state index contributed by atoms with van der Waals surface area (Å²) in [6.07, 6.45) is 1.09. The lowest BCUT2D eigenvalue weighted by molar-refractivity contribution is -0.120. The van der Waals surface area contributed by atoms with E-state index in [1.807, 2.05) is 41.5 Å². The Labute approximate surface area is 154 Å². The van der Waals surface area contributed by atoms with Crippen molar-refractivity contribution in [3.05, 3.63) is 46.8 Å². The van der Waals surface area contributed by atoms with Gasteiger partial charge in [0.1, 0.15) is 0 Å². The first kappa shape index (κ1) is 21.8. The van der Waals surface area contributed by atoms with Gasteiger partial charge in [-0.05, 0) is 44.4 Å². The molecule has 1 atom stereocenters. The number of carbonyl (C=O) groups is 1. The van der Waals surface area contributed by atoms with Gasteiger partial charge in [-0.3, -0.25) is 9.69 Å². The average Bonchev–Trinajstić information content (AvgIpc) is 3.17. The number of anilines is 1. The molecule has 1 amide bonds. The second-order valence-electron chi connectivity index (χ2n) is 5.70. The highest BCUT2D eigenvalue weighted by atomic mass is 19.2. The maximum atomic E-state index is 13.3. The molecule has 2 heterocycles. The maximum absolute atomic E-state index is 13.3. The Balaban J connectivity index is 0.000000791. The molecule has 1 unspecified atom stereocenters. The van der Waals surface area contributed by atoms with Gasteiger partial charge in [-0.1, -0.05) is 33.8 Å². The highest BCUT2D eigenvalue weighted by Gasteiger charge is 2.34. The predicted molar refractivity (Wildman–Crippen MR) is 101 cm³/mol.